The van der Waals surface area contributed by atoms with E-state index in [1.165, 1.54) is 31.4 Å². The minimum Gasteiger partial charge on any atom is -0.210 e. The van der Waals surface area contributed by atoms with Crippen LogP contribution in [0.2, 0.25) is 0 Å². The van der Waals surface area contributed by atoms with Gasteiger partial charge < -0.3 is 0 Å². The molecule has 1 rings (SSSR count). The van der Waals surface area contributed by atoms with Gasteiger partial charge in [0.1, 0.15) is 0 Å². The predicted molar refractivity (Wildman–Crippen MR) is 76.7 cm³/mol. The van der Waals surface area contributed by atoms with Gasteiger partial charge >= 0.3 is 0 Å². The first kappa shape index (κ1) is 17.8. The van der Waals surface area contributed by atoms with Gasteiger partial charge in [-0.2, -0.15) is 8.42 Å². The fourth-order valence-electron chi connectivity index (χ4n) is 1.16. The van der Waals surface area contributed by atoms with E-state index in [0.29, 0.717) is 0 Å². The van der Waals surface area contributed by atoms with Crippen molar-refractivity contribution in [3.05, 3.63) is 29.8 Å². The number of hydrogen-bond acceptors (Lipinski definition) is 3. The van der Waals surface area contributed by atoms with E-state index in [4.69, 9.17) is 11.6 Å². The lowest BCUT2D eigenvalue weighted by molar-refractivity contribution is 0.563. The number of isocyanates is 1. The number of alkyl halides is 1. The van der Waals surface area contributed by atoms with Crippen molar-refractivity contribution in [2.75, 3.05) is 5.88 Å². The van der Waals surface area contributed by atoms with Crippen LogP contribution in [0.15, 0.2) is 33.6 Å². The van der Waals surface area contributed by atoms with Crippen molar-refractivity contribution in [3.63, 3.8) is 0 Å². The number of unbranched alkanes of at least 4 members (excludes halogenated alkanes) is 2. The van der Waals surface area contributed by atoms with E-state index < -0.39 is 10.0 Å². The lowest BCUT2D eigenvalue weighted by Gasteiger charge is -1.96. The van der Waals surface area contributed by atoms with Crippen LogP contribution in [0.3, 0.4) is 0 Å². The summed E-state index contributed by atoms with van der Waals surface area (Å²) in [5.41, 5.74) is 0.939. The molecule has 0 N–H and O–H groups in total. The molecule has 0 atom stereocenters. The molecule has 0 spiro atoms. The van der Waals surface area contributed by atoms with Gasteiger partial charge in [-0.1, -0.05) is 41.9 Å². The summed E-state index contributed by atoms with van der Waals surface area (Å²) in [6, 6.07) is 6.05. The van der Waals surface area contributed by atoms with Crippen LogP contribution in [-0.4, -0.2) is 20.4 Å². The first-order chi connectivity index (χ1) is 8.97. The topological polar surface area (TPSA) is 63.6 Å². The van der Waals surface area contributed by atoms with Gasteiger partial charge in [-0.25, -0.2) is 4.79 Å². The highest BCUT2D eigenvalue weighted by atomic mass is 35.5. The number of benzene rings is 1. The van der Waals surface area contributed by atoms with Crippen LogP contribution in [0, 0.1) is 6.92 Å². The number of halogens is 1. The maximum Gasteiger partial charge on any atom is 0.292 e. The molecule has 0 fully saturated rings. The molecule has 0 unspecified atom stereocenters. The fraction of sp³-hybridized carbons (Fsp3) is 0.462. The molecule has 0 aromatic heterocycles. The molecule has 0 aliphatic carbocycles. The van der Waals surface area contributed by atoms with Crippen LogP contribution in [0.25, 0.3) is 0 Å². The molecule has 0 bridgehead atoms. The average molecular weight is 304 g/mol. The van der Waals surface area contributed by atoms with E-state index in [1.807, 2.05) is 6.92 Å². The summed E-state index contributed by atoms with van der Waals surface area (Å²) in [5, 5.41) is 0. The van der Waals surface area contributed by atoms with Crippen molar-refractivity contribution >= 4 is 27.7 Å². The largest absolute Gasteiger partial charge is 0.292 e. The SMILES string of the molecule is CCCCCCl.Cc1ccc(S(=O)(=O)N=C=O)cc1. The molecule has 0 amide bonds. The second kappa shape index (κ2) is 9.73. The molecule has 0 radical (unpaired) electrons. The maximum absolute atomic E-state index is 11.1. The van der Waals surface area contributed by atoms with Crippen molar-refractivity contribution in [2.45, 2.75) is 38.0 Å². The highest BCUT2D eigenvalue weighted by Gasteiger charge is 2.10. The second-order valence-electron chi connectivity index (χ2n) is 3.87. The lowest BCUT2D eigenvalue weighted by Crippen LogP contribution is -1.95. The summed E-state index contributed by atoms with van der Waals surface area (Å²) >= 11 is 5.38. The van der Waals surface area contributed by atoms with Gasteiger partial charge in [0.15, 0.2) is 0 Å². The third kappa shape index (κ3) is 7.78. The molecule has 1 aromatic carbocycles. The molecular formula is C13H18ClNO3S. The van der Waals surface area contributed by atoms with E-state index in [0.717, 1.165) is 17.5 Å². The van der Waals surface area contributed by atoms with Crippen molar-refractivity contribution in [2.24, 2.45) is 4.40 Å². The summed E-state index contributed by atoms with van der Waals surface area (Å²) < 4.78 is 25.0. The quantitative estimate of drug-likeness (QED) is 0.362. The number of sulfonamides is 1. The van der Waals surface area contributed by atoms with Crippen molar-refractivity contribution < 1.29 is 13.2 Å². The molecule has 0 heterocycles. The Labute approximate surface area is 119 Å². The highest BCUT2D eigenvalue weighted by Crippen LogP contribution is 2.11. The average Bonchev–Trinajstić information content (AvgIpc) is 2.37. The Morgan fingerprint density at radius 1 is 1.21 bits per heavy atom. The van der Waals surface area contributed by atoms with E-state index in [9.17, 15) is 13.2 Å². The molecule has 106 valence electrons. The Bertz CT molecular complexity index is 501. The van der Waals surface area contributed by atoms with Crippen LogP contribution >= 0.6 is 11.6 Å². The molecular weight excluding hydrogens is 286 g/mol. The Morgan fingerprint density at radius 3 is 2.16 bits per heavy atom. The molecule has 1 aromatic rings. The van der Waals surface area contributed by atoms with Gasteiger partial charge in [0.05, 0.1) is 4.90 Å². The first-order valence-electron chi connectivity index (χ1n) is 5.94. The smallest absolute Gasteiger partial charge is 0.210 e. The third-order valence-corrected chi connectivity index (χ3v) is 3.66. The van der Waals surface area contributed by atoms with Crippen LogP contribution in [0.5, 0.6) is 0 Å². The highest BCUT2D eigenvalue weighted by molar-refractivity contribution is 7.90. The number of nitrogens with zero attached hydrogens (tertiary/aromatic N) is 1. The van der Waals surface area contributed by atoms with E-state index in [2.05, 4.69) is 11.3 Å². The van der Waals surface area contributed by atoms with Crippen LogP contribution in [0.4, 0.5) is 0 Å². The van der Waals surface area contributed by atoms with Gasteiger partial charge in [-0.05, 0) is 25.5 Å². The molecule has 0 aliphatic heterocycles. The molecule has 6 heteroatoms. The van der Waals surface area contributed by atoms with Crippen LogP contribution in [-0.2, 0) is 14.8 Å². The van der Waals surface area contributed by atoms with E-state index in [1.54, 1.807) is 12.1 Å². The second-order valence-corrected chi connectivity index (χ2v) is 5.85. The normalized spacial score (nSPS) is 10.1. The van der Waals surface area contributed by atoms with Gasteiger partial charge in [-0.3, -0.25) is 0 Å². The van der Waals surface area contributed by atoms with E-state index in [-0.39, 0.29) is 4.90 Å². The van der Waals surface area contributed by atoms with Gasteiger partial charge in [0.2, 0.25) is 0 Å². The van der Waals surface area contributed by atoms with E-state index >= 15 is 0 Å². The number of hydrogen-bond donors (Lipinski definition) is 0. The zero-order valence-corrected chi connectivity index (χ0v) is 12.7. The molecule has 0 aliphatic rings. The summed E-state index contributed by atoms with van der Waals surface area (Å²) in [7, 11) is -3.83. The number of aryl methyl sites for hydroxylation is 1. The van der Waals surface area contributed by atoms with Gasteiger partial charge in [-0.15, -0.1) is 11.6 Å². The Hall–Kier alpha value is -1.16. The number of carbonyl (C=O) groups excluding carboxylic acids is 1. The summed E-state index contributed by atoms with van der Waals surface area (Å²) in [6.07, 6.45) is 4.74. The fourth-order valence-corrected chi connectivity index (χ4v) is 2.03. The summed E-state index contributed by atoms with van der Waals surface area (Å²) in [5.74, 6) is 0.827. The summed E-state index contributed by atoms with van der Waals surface area (Å²) in [4.78, 5) is 9.79. The van der Waals surface area contributed by atoms with Crippen molar-refractivity contribution in [1.82, 2.24) is 0 Å². The first-order valence-corrected chi connectivity index (χ1v) is 7.92. The zero-order valence-electron chi connectivity index (χ0n) is 11.1. The standard InChI is InChI=1S/C8H7NO3S.C5H11Cl/c1-7-2-4-8(5-3-7)13(11,12)9-6-10;1-2-3-4-5-6/h2-5H,1H3;2-5H2,1H3. The minimum absolute atomic E-state index is 0.00134. The molecule has 4 nitrogen and oxygen atoms in total. The number of rotatable bonds is 5. The van der Waals surface area contributed by atoms with Gasteiger partial charge in [0.25, 0.3) is 16.1 Å². The van der Waals surface area contributed by atoms with Crippen LogP contribution < -0.4 is 0 Å². The Kier molecular flexibility index (Phi) is 9.13. The zero-order chi connectivity index (χ0) is 14.7. The lowest BCUT2D eigenvalue weighted by atomic mass is 10.2. The Balaban J connectivity index is 0.000000459. The van der Waals surface area contributed by atoms with Gasteiger partial charge in [0, 0.05) is 5.88 Å². The monoisotopic (exact) mass is 303 g/mol. The predicted octanol–water partition coefficient (Wildman–Crippen LogP) is 3.43. The van der Waals surface area contributed by atoms with Crippen molar-refractivity contribution in [3.8, 4) is 0 Å². The Morgan fingerprint density at radius 2 is 1.79 bits per heavy atom. The third-order valence-electron chi connectivity index (χ3n) is 2.21. The molecule has 0 saturated heterocycles. The minimum atomic E-state index is -3.83. The summed E-state index contributed by atoms with van der Waals surface area (Å²) in [6.45, 7) is 4.01. The molecule has 0 saturated carbocycles. The maximum atomic E-state index is 11.1. The van der Waals surface area contributed by atoms with Crippen LogP contribution in [0.1, 0.15) is 31.7 Å². The van der Waals surface area contributed by atoms with Crippen molar-refractivity contribution in [1.29, 1.82) is 0 Å². The molecule has 19 heavy (non-hydrogen) atoms.